The fourth-order valence-electron chi connectivity index (χ4n) is 1.70. The number of hydrogen-bond donors (Lipinski definition) is 1. The summed E-state index contributed by atoms with van der Waals surface area (Å²) in [5, 5.41) is 0. The molecule has 3 nitrogen and oxygen atoms in total. The highest BCUT2D eigenvalue weighted by atomic mass is 32.2. The van der Waals surface area contributed by atoms with Crippen molar-refractivity contribution in [1.29, 1.82) is 4.78 Å². The number of nitrogens with one attached hydrogen (secondary N) is 1. The highest BCUT2D eigenvalue weighted by molar-refractivity contribution is 7.86. The first-order chi connectivity index (χ1) is 5.94. The summed E-state index contributed by atoms with van der Waals surface area (Å²) in [5.74, 6) is 1.77. The molecule has 0 radical (unpaired) electrons. The Kier molecular flexibility index (Phi) is 3.11. The summed E-state index contributed by atoms with van der Waals surface area (Å²) < 4.78 is 7.76. The topological polar surface area (TPSA) is 44.2 Å². The lowest BCUT2D eigenvalue weighted by Gasteiger charge is -2.38. The fourth-order valence-corrected chi connectivity index (χ4v) is 3.43. The first kappa shape index (κ1) is 10.7. The summed E-state index contributed by atoms with van der Waals surface area (Å²) in [5.41, 5.74) is 0.133. The molecular formula is C9H18N2OS. The van der Waals surface area contributed by atoms with E-state index in [1.807, 2.05) is 11.8 Å². The fraction of sp³-hybridized carbons (Fsp3) is 0.889. The van der Waals surface area contributed by atoms with E-state index in [9.17, 15) is 4.79 Å². The summed E-state index contributed by atoms with van der Waals surface area (Å²) >= 11 is 0. The summed E-state index contributed by atoms with van der Waals surface area (Å²) in [7, 11) is -0.357. The second-order valence-electron chi connectivity index (χ2n) is 4.38. The van der Waals surface area contributed by atoms with Gasteiger partial charge in [-0.05, 0) is 5.41 Å². The third-order valence-electron chi connectivity index (χ3n) is 2.15. The SMILES string of the molecule is CCC(=O)N1CS(=N)CC(C)(C)C1. The quantitative estimate of drug-likeness (QED) is 0.689. The van der Waals surface area contributed by atoms with Crippen molar-refractivity contribution in [3.8, 4) is 0 Å². The van der Waals surface area contributed by atoms with Crippen molar-refractivity contribution in [3.05, 3.63) is 0 Å². The molecule has 1 heterocycles. The molecule has 0 aromatic carbocycles. The Balaban J connectivity index is 2.68. The van der Waals surface area contributed by atoms with Gasteiger partial charge in [0.2, 0.25) is 5.91 Å². The van der Waals surface area contributed by atoms with Gasteiger partial charge in [-0.1, -0.05) is 31.5 Å². The van der Waals surface area contributed by atoms with Crippen LogP contribution in [0.5, 0.6) is 0 Å². The highest BCUT2D eigenvalue weighted by Gasteiger charge is 2.30. The molecule has 1 rings (SSSR count). The second kappa shape index (κ2) is 3.78. The van der Waals surface area contributed by atoms with Crippen LogP contribution in [0.4, 0.5) is 0 Å². The number of carbonyl (C=O) groups excluding carboxylic acids is 1. The molecule has 0 spiro atoms. The van der Waals surface area contributed by atoms with Crippen LogP contribution in [0.1, 0.15) is 27.2 Å². The van der Waals surface area contributed by atoms with Gasteiger partial charge in [-0.2, -0.15) is 0 Å². The smallest absolute Gasteiger partial charge is 0.223 e. The van der Waals surface area contributed by atoms with Crippen molar-refractivity contribution in [3.63, 3.8) is 0 Å². The second-order valence-corrected chi connectivity index (χ2v) is 5.91. The molecular weight excluding hydrogens is 184 g/mol. The maximum Gasteiger partial charge on any atom is 0.223 e. The average molecular weight is 202 g/mol. The standard InChI is InChI=1S/C9H18N2OS/c1-4-8(12)11-5-9(2,3)6-13(10)7-11/h10H,4-7H2,1-3H3. The molecule has 4 heteroatoms. The zero-order valence-electron chi connectivity index (χ0n) is 8.59. The molecule has 13 heavy (non-hydrogen) atoms. The molecule has 1 unspecified atom stereocenters. The van der Waals surface area contributed by atoms with Crippen LogP contribution in [0.2, 0.25) is 0 Å². The Morgan fingerprint density at radius 3 is 2.69 bits per heavy atom. The van der Waals surface area contributed by atoms with Gasteiger partial charge in [0.25, 0.3) is 0 Å². The number of rotatable bonds is 1. The first-order valence-corrected chi connectivity index (χ1v) is 6.17. The normalized spacial score (nSPS) is 27.3. The van der Waals surface area contributed by atoms with Gasteiger partial charge < -0.3 is 4.90 Å². The summed E-state index contributed by atoms with van der Waals surface area (Å²) in [6.45, 7) is 6.97. The molecule has 1 aliphatic rings. The third kappa shape index (κ3) is 2.79. The molecule has 0 bridgehead atoms. The van der Waals surface area contributed by atoms with Crippen LogP contribution in [0.25, 0.3) is 0 Å². The van der Waals surface area contributed by atoms with E-state index in [2.05, 4.69) is 13.8 Å². The summed E-state index contributed by atoms with van der Waals surface area (Å²) in [4.78, 5) is 13.3. The highest BCUT2D eigenvalue weighted by Crippen LogP contribution is 2.24. The van der Waals surface area contributed by atoms with Crippen molar-refractivity contribution < 1.29 is 4.79 Å². The summed E-state index contributed by atoms with van der Waals surface area (Å²) in [6, 6.07) is 0. The molecule has 1 N–H and O–H groups in total. The van der Waals surface area contributed by atoms with Crippen molar-refractivity contribution in [2.75, 3.05) is 18.2 Å². The maximum absolute atomic E-state index is 11.4. The van der Waals surface area contributed by atoms with Gasteiger partial charge in [0.15, 0.2) is 0 Å². The van der Waals surface area contributed by atoms with Gasteiger partial charge in [-0.15, -0.1) is 0 Å². The molecule has 0 saturated carbocycles. The zero-order valence-corrected chi connectivity index (χ0v) is 9.41. The molecule has 0 aromatic heterocycles. The minimum Gasteiger partial charge on any atom is -0.332 e. The lowest BCUT2D eigenvalue weighted by Crippen LogP contribution is -2.47. The largest absolute Gasteiger partial charge is 0.332 e. The molecule has 1 fully saturated rings. The van der Waals surface area contributed by atoms with Crippen molar-refractivity contribution in [2.45, 2.75) is 27.2 Å². The summed E-state index contributed by atoms with van der Waals surface area (Å²) in [6.07, 6.45) is 0.563. The van der Waals surface area contributed by atoms with Crippen LogP contribution in [-0.2, 0) is 15.5 Å². The van der Waals surface area contributed by atoms with Gasteiger partial charge in [0.1, 0.15) is 0 Å². The molecule has 1 atom stereocenters. The Morgan fingerprint density at radius 1 is 1.62 bits per heavy atom. The Morgan fingerprint density at radius 2 is 2.23 bits per heavy atom. The van der Waals surface area contributed by atoms with Gasteiger partial charge >= 0.3 is 0 Å². The van der Waals surface area contributed by atoms with Crippen LogP contribution in [0.3, 0.4) is 0 Å². The van der Waals surface area contributed by atoms with E-state index < -0.39 is 0 Å². The van der Waals surface area contributed by atoms with E-state index in [0.717, 1.165) is 12.3 Å². The van der Waals surface area contributed by atoms with Crippen LogP contribution < -0.4 is 0 Å². The van der Waals surface area contributed by atoms with E-state index in [1.54, 1.807) is 0 Å². The van der Waals surface area contributed by atoms with E-state index in [0.29, 0.717) is 12.3 Å². The van der Waals surface area contributed by atoms with Crippen LogP contribution in [0.15, 0.2) is 0 Å². The number of nitrogens with zero attached hydrogens (tertiary/aromatic N) is 1. The van der Waals surface area contributed by atoms with Gasteiger partial charge in [0.05, 0.1) is 5.88 Å². The van der Waals surface area contributed by atoms with Crippen LogP contribution in [0, 0.1) is 10.2 Å². The lowest BCUT2D eigenvalue weighted by molar-refractivity contribution is -0.131. The third-order valence-corrected chi connectivity index (χ3v) is 3.90. The molecule has 0 aliphatic carbocycles. The minimum atomic E-state index is -0.357. The number of amides is 1. The molecule has 1 saturated heterocycles. The molecule has 1 amide bonds. The van der Waals surface area contributed by atoms with E-state index in [4.69, 9.17) is 4.78 Å². The average Bonchev–Trinajstić information content (AvgIpc) is 1.99. The zero-order chi connectivity index (χ0) is 10.1. The van der Waals surface area contributed by atoms with Crippen molar-refractivity contribution in [2.24, 2.45) is 5.41 Å². The maximum atomic E-state index is 11.4. The van der Waals surface area contributed by atoms with E-state index >= 15 is 0 Å². The van der Waals surface area contributed by atoms with Crippen LogP contribution >= 0.6 is 0 Å². The first-order valence-electron chi connectivity index (χ1n) is 4.61. The monoisotopic (exact) mass is 202 g/mol. The Bertz CT molecular complexity index is 238. The predicted octanol–water partition coefficient (Wildman–Crippen LogP) is 1.60. The van der Waals surface area contributed by atoms with Gasteiger partial charge in [-0.25, -0.2) is 0 Å². The van der Waals surface area contributed by atoms with Crippen molar-refractivity contribution in [1.82, 2.24) is 4.90 Å². The molecule has 0 aromatic rings. The minimum absolute atomic E-state index is 0.133. The predicted molar refractivity (Wildman–Crippen MR) is 55.6 cm³/mol. The van der Waals surface area contributed by atoms with Crippen molar-refractivity contribution >= 4 is 16.6 Å². The lowest BCUT2D eigenvalue weighted by atomic mass is 9.95. The Labute approximate surface area is 82.4 Å². The van der Waals surface area contributed by atoms with Gasteiger partial charge in [0, 0.05) is 18.7 Å². The number of carbonyl (C=O) groups is 1. The molecule has 76 valence electrons. The molecule has 1 aliphatic heterocycles. The Hall–Kier alpha value is -0.380. The van der Waals surface area contributed by atoms with Crippen LogP contribution in [-0.4, -0.2) is 29.0 Å². The van der Waals surface area contributed by atoms with E-state index in [-0.39, 0.29) is 22.0 Å². The van der Waals surface area contributed by atoms with E-state index in [1.165, 1.54) is 0 Å². The number of hydrogen-bond acceptors (Lipinski definition) is 2. The van der Waals surface area contributed by atoms with Gasteiger partial charge in [-0.3, -0.25) is 9.57 Å².